The van der Waals surface area contributed by atoms with E-state index >= 15 is 0 Å². The molecule has 0 saturated heterocycles. The number of aryl methyl sites for hydroxylation is 1. The number of rotatable bonds is 7. The lowest BCUT2D eigenvalue weighted by Gasteiger charge is -2.24. The summed E-state index contributed by atoms with van der Waals surface area (Å²) in [6.07, 6.45) is 0. The van der Waals surface area contributed by atoms with Gasteiger partial charge in [0.05, 0.1) is 16.3 Å². The largest absolute Gasteiger partial charge is 0.271 e. The van der Waals surface area contributed by atoms with E-state index < -0.39 is 22.5 Å². The quantitative estimate of drug-likeness (QED) is 0.296. The lowest BCUT2D eigenvalue weighted by Crippen LogP contribution is -2.39. The zero-order valence-electron chi connectivity index (χ0n) is 20.5. The normalized spacial score (nSPS) is 12.3. The molecule has 0 spiro atoms. The number of benzene rings is 3. The molecule has 0 unspecified atom stereocenters. The number of nitrogens with one attached hydrogen (secondary N) is 1. The first-order valence-corrected chi connectivity index (χ1v) is 13.4. The molecule has 3 rings (SSSR count). The summed E-state index contributed by atoms with van der Waals surface area (Å²) in [5.41, 5.74) is 6.55. The van der Waals surface area contributed by atoms with Crippen molar-refractivity contribution < 1.29 is 13.2 Å². The first-order chi connectivity index (χ1) is 16.4. The van der Waals surface area contributed by atoms with Gasteiger partial charge in [-0.2, -0.15) is 5.10 Å². The summed E-state index contributed by atoms with van der Waals surface area (Å²) in [5.74, 6) is -0.547. The number of hydrazone groups is 1. The number of carbonyl (C=O) groups is 1. The molecule has 0 radical (unpaired) electrons. The molecule has 0 aliphatic heterocycles. The molecule has 1 amide bonds. The monoisotopic (exact) mass is 555 g/mol. The number of amides is 1. The van der Waals surface area contributed by atoms with E-state index in [0.717, 1.165) is 19.9 Å². The molecule has 184 valence electrons. The minimum absolute atomic E-state index is 0.0389. The van der Waals surface area contributed by atoms with Gasteiger partial charge in [0.15, 0.2) is 0 Å². The Morgan fingerprint density at radius 2 is 1.51 bits per heavy atom. The molecular formula is C27H30BrN3O3S. The zero-order valence-corrected chi connectivity index (χ0v) is 22.9. The molecule has 0 atom stereocenters. The van der Waals surface area contributed by atoms with Gasteiger partial charge in [-0.05, 0) is 66.8 Å². The average molecular weight is 557 g/mol. The van der Waals surface area contributed by atoms with Crippen LogP contribution >= 0.6 is 15.9 Å². The van der Waals surface area contributed by atoms with Gasteiger partial charge in [0.2, 0.25) is 0 Å². The van der Waals surface area contributed by atoms with Crippen LogP contribution in [0.4, 0.5) is 5.69 Å². The number of anilines is 1. The van der Waals surface area contributed by atoms with E-state index in [2.05, 4.69) is 47.2 Å². The summed E-state index contributed by atoms with van der Waals surface area (Å²) in [7, 11) is -3.98. The molecule has 0 heterocycles. The van der Waals surface area contributed by atoms with Crippen LogP contribution in [0.3, 0.4) is 0 Å². The van der Waals surface area contributed by atoms with Crippen LogP contribution in [0.5, 0.6) is 0 Å². The van der Waals surface area contributed by atoms with Gasteiger partial charge in [-0.3, -0.25) is 9.10 Å². The number of carbonyl (C=O) groups excluding carboxylic acids is 1. The molecule has 1 N–H and O–H groups in total. The second-order valence-electron chi connectivity index (χ2n) is 9.36. The van der Waals surface area contributed by atoms with Crippen LogP contribution in [0.25, 0.3) is 0 Å². The third-order valence-corrected chi connectivity index (χ3v) is 7.84. The van der Waals surface area contributed by atoms with Crippen molar-refractivity contribution in [3.8, 4) is 0 Å². The topological polar surface area (TPSA) is 78.8 Å². The van der Waals surface area contributed by atoms with Crippen LogP contribution in [-0.4, -0.2) is 26.6 Å². The Bertz CT molecular complexity index is 1310. The van der Waals surface area contributed by atoms with E-state index in [-0.39, 0.29) is 10.3 Å². The van der Waals surface area contributed by atoms with E-state index in [1.54, 1.807) is 43.3 Å². The molecule has 8 heteroatoms. The van der Waals surface area contributed by atoms with Crippen LogP contribution in [0, 0.1) is 6.92 Å². The molecule has 3 aromatic carbocycles. The molecule has 35 heavy (non-hydrogen) atoms. The van der Waals surface area contributed by atoms with Crippen molar-refractivity contribution in [2.45, 2.75) is 44.9 Å². The minimum atomic E-state index is -3.98. The predicted molar refractivity (Wildman–Crippen MR) is 145 cm³/mol. The average Bonchev–Trinajstić information content (AvgIpc) is 2.81. The summed E-state index contributed by atoms with van der Waals surface area (Å²) >= 11 is 3.36. The highest BCUT2D eigenvalue weighted by molar-refractivity contribution is 9.10. The van der Waals surface area contributed by atoms with Crippen molar-refractivity contribution in [2.24, 2.45) is 5.10 Å². The Morgan fingerprint density at radius 3 is 2.06 bits per heavy atom. The van der Waals surface area contributed by atoms with E-state index in [9.17, 15) is 13.2 Å². The van der Waals surface area contributed by atoms with Crippen molar-refractivity contribution in [3.05, 3.63) is 94.0 Å². The summed E-state index contributed by atoms with van der Waals surface area (Å²) in [4.78, 5) is 12.9. The van der Waals surface area contributed by atoms with Crippen LogP contribution in [0.2, 0.25) is 0 Å². The van der Waals surface area contributed by atoms with Gasteiger partial charge >= 0.3 is 0 Å². The maximum atomic E-state index is 13.4. The van der Waals surface area contributed by atoms with Crippen LogP contribution in [-0.2, 0) is 20.2 Å². The maximum absolute atomic E-state index is 13.4. The van der Waals surface area contributed by atoms with E-state index in [1.165, 1.54) is 17.7 Å². The molecule has 0 saturated carbocycles. The molecule has 0 aliphatic carbocycles. The van der Waals surface area contributed by atoms with E-state index in [1.807, 2.05) is 31.2 Å². The Kier molecular flexibility index (Phi) is 8.18. The summed E-state index contributed by atoms with van der Waals surface area (Å²) in [5, 5.41) is 4.20. The Balaban J connectivity index is 1.82. The smallest absolute Gasteiger partial charge is 0.264 e. The van der Waals surface area contributed by atoms with Crippen LogP contribution in [0.15, 0.2) is 87.3 Å². The van der Waals surface area contributed by atoms with Crippen molar-refractivity contribution in [3.63, 3.8) is 0 Å². The molecule has 3 aromatic rings. The predicted octanol–water partition coefficient (Wildman–Crippen LogP) is 5.79. The second kappa shape index (κ2) is 10.7. The first kappa shape index (κ1) is 26.6. The van der Waals surface area contributed by atoms with E-state index in [4.69, 9.17) is 0 Å². The standard InChI is InChI=1S/C27H30BrN3O3S/c1-19-6-16-25(17-7-19)35(33,34)31(24-14-12-23(28)13-15-24)18-26(32)30-29-20(2)21-8-10-22(11-9-21)27(3,4)5/h6-17H,18H2,1-5H3,(H,30,32)/b29-20-. The third-order valence-electron chi connectivity index (χ3n) is 5.53. The van der Waals surface area contributed by atoms with Gasteiger partial charge in [-0.15, -0.1) is 0 Å². The number of hydrogen-bond acceptors (Lipinski definition) is 4. The van der Waals surface area contributed by atoms with Crippen LogP contribution in [0.1, 0.15) is 44.4 Å². The van der Waals surface area contributed by atoms with Gasteiger partial charge in [-0.1, -0.05) is 78.7 Å². The van der Waals surface area contributed by atoms with Gasteiger partial charge < -0.3 is 0 Å². The number of sulfonamides is 1. The summed E-state index contributed by atoms with van der Waals surface area (Å²) in [6, 6.07) is 21.3. The van der Waals surface area contributed by atoms with Gasteiger partial charge in [0.25, 0.3) is 15.9 Å². The molecule has 0 fully saturated rings. The van der Waals surface area contributed by atoms with Gasteiger partial charge in [0.1, 0.15) is 6.54 Å². The SMILES string of the molecule is C/C(=N/NC(=O)CN(c1ccc(Br)cc1)S(=O)(=O)c1ccc(C)cc1)c1ccc(C(C)(C)C)cc1. The van der Waals surface area contributed by atoms with Crippen LogP contribution < -0.4 is 9.73 Å². The zero-order chi connectivity index (χ0) is 25.8. The first-order valence-electron chi connectivity index (χ1n) is 11.2. The number of nitrogens with zero attached hydrogens (tertiary/aromatic N) is 2. The van der Waals surface area contributed by atoms with Gasteiger partial charge in [0, 0.05) is 4.47 Å². The Hall–Kier alpha value is -2.97. The van der Waals surface area contributed by atoms with Crippen molar-refractivity contribution in [1.29, 1.82) is 0 Å². The molecular weight excluding hydrogens is 526 g/mol. The third kappa shape index (κ3) is 6.80. The Labute approximate surface area is 216 Å². The lowest BCUT2D eigenvalue weighted by molar-refractivity contribution is -0.119. The van der Waals surface area contributed by atoms with Crippen molar-refractivity contribution in [1.82, 2.24) is 5.43 Å². The fraction of sp³-hybridized carbons (Fsp3) is 0.259. The summed E-state index contributed by atoms with van der Waals surface area (Å²) < 4.78 is 28.8. The molecule has 6 nitrogen and oxygen atoms in total. The number of halogens is 1. The highest BCUT2D eigenvalue weighted by Crippen LogP contribution is 2.26. The number of hydrogen-bond donors (Lipinski definition) is 1. The van der Waals surface area contributed by atoms with Crippen molar-refractivity contribution in [2.75, 3.05) is 10.8 Å². The molecule has 0 aliphatic rings. The second-order valence-corrected chi connectivity index (χ2v) is 12.1. The minimum Gasteiger partial charge on any atom is -0.271 e. The maximum Gasteiger partial charge on any atom is 0.264 e. The fourth-order valence-corrected chi connectivity index (χ4v) is 5.03. The lowest BCUT2D eigenvalue weighted by atomic mass is 9.86. The summed E-state index contributed by atoms with van der Waals surface area (Å²) in [6.45, 7) is 9.69. The molecule has 0 aromatic heterocycles. The van der Waals surface area contributed by atoms with Crippen molar-refractivity contribution >= 4 is 43.3 Å². The highest BCUT2D eigenvalue weighted by Gasteiger charge is 2.27. The van der Waals surface area contributed by atoms with E-state index in [0.29, 0.717) is 11.4 Å². The van der Waals surface area contributed by atoms with Gasteiger partial charge in [-0.25, -0.2) is 13.8 Å². The fourth-order valence-electron chi connectivity index (χ4n) is 3.35. The molecule has 0 bridgehead atoms. The Morgan fingerprint density at radius 1 is 0.943 bits per heavy atom. The highest BCUT2D eigenvalue weighted by atomic mass is 79.9.